The van der Waals surface area contributed by atoms with E-state index >= 15 is 0 Å². The van der Waals surface area contributed by atoms with Crippen LogP contribution in [0, 0.1) is 10.7 Å². The average molecular weight is 141 g/mol. The molecule has 0 atom stereocenters. The van der Waals surface area contributed by atoms with E-state index in [-0.39, 0.29) is 35.7 Å². The zero-order chi connectivity index (χ0) is 6.28. The van der Waals surface area contributed by atoms with Gasteiger partial charge in [-0.15, -0.1) is 0 Å². The van der Waals surface area contributed by atoms with Gasteiger partial charge in [0, 0.05) is 6.10 Å². The van der Waals surface area contributed by atoms with Crippen LogP contribution >= 0.6 is 0 Å². The van der Waals surface area contributed by atoms with Crippen LogP contribution in [0.5, 0.6) is 0 Å². The molecular formula is C4H8NNaOS. The number of hydrogen-bond acceptors (Lipinski definition) is 3. The third kappa shape index (κ3) is 478. The Bertz CT molecular complexity index is 58.8. The maximum absolute atomic E-state index is 8.06. The van der Waals surface area contributed by atoms with Gasteiger partial charge in [0.25, 0.3) is 0 Å². The molecule has 0 saturated heterocycles. The number of nitrogens with zero attached hydrogens (tertiary/aromatic N) is 1. The molecule has 0 aromatic heterocycles. The Balaban J connectivity index is -0.0000000575. The summed E-state index contributed by atoms with van der Waals surface area (Å²) in [5.41, 5.74) is 0. The molecule has 2 nitrogen and oxygen atoms in total. The van der Waals surface area contributed by atoms with Gasteiger partial charge in [0.05, 0.1) is 0 Å². The second kappa shape index (κ2) is 15.6. The summed E-state index contributed by atoms with van der Waals surface area (Å²) in [7, 11) is 0. The fourth-order valence-corrected chi connectivity index (χ4v) is 0. The maximum atomic E-state index is 8.06. The van der Waals surface area contributed by atoms with Crippen LogP contribution in [0.4, 0.5) is 0 Å². The smallest absolute Gasteiger partial charge is 0.696 e. The molecule has 0 aliphatic carbocycles. The van der Waals surface area contributed by atoms with Crippen molar-refractivity contribution in [2.24, 2.45) is 0 Å². The van der Waals surface area contributed by atoms with Crippen LogP contribution in [0.3, 0.4) is 0 Å². The predicted octanol–water partition coefficient (Wildman–Crippen LogP) is -2.59. The number of thiocyanates is 1. The maximum Gasteiger partial charge on any atom is 1.00 e. The Hall–Kier alpha value is 0.670. The summed E-state index contributed by atoms with van der Waals surface area (Å²) in [5, 5.41) is 16.5. The van der Waals surface area contributed by atoms with Crippen LogP contribution < -0.4 is 29.6 Å². The van der Waals surface area contributed by atoms with E-state index in [0.29, 0.717) is 0 Å². The van der Waals surface area contributed by atoms with Gasteiger partial charge in [-0.3, -0.25) is 0 Å². The van der Waals surface area contributed by atoms with E-state index in [2.05, 4.69) is 12.6 Å². The Kier molecular flexibility index (Phi) is 31.0. The van der Waals surface area contributed by atoms with Crippen molar-refractivity contribution in [2.75, 3.05) is 0 Å². The van der Waals surface area contributed by atoms with Crippen molar-refractivity contribution >= 4 is 12.6 Å². The molecule has 0 aromatic rings. The van der Waals surface area contributed by atoms with Crippen LogP contribution in [-0.2, 0) is 12.6 Å². The molecule has 0 aromatic carbocycles. The van der Waals surface area contributed by atoms with Crippen LogP contribution in [0.2, 0.25) is 0 Å². The Morgan fingerprint density at radius 1 is 1.62 bits per heavy atom. The van der Waals surface area contributed by atoms with Gasteiger partial charge in [0.2, 0.25) is 0 Å². The van der Waals surface area contributed by atoms with Crippen molar-refractivity contribution in [2.45, 2.75) is 20.0 Å². The fraction of sp³-hybridized carbons (Fsp3) is 0.750. The number of rotatable bonds is 0. The minimum Gasteiger partial charge on any atom is -0.696 e. The molecule has 0 heterocycles. The summed E-state index contributed by atoms with van der Waals surface area (Å²) in [5.74, 6) is 0. The van der Waals surface area contributed by atoms with E-state index in [9.17, 15) is 0 Å². The molecule has 0 rings (SSSR count). The van der Waals surface area contributed by atoms with Gasteiger partial charge >= 0.3 is 29.6 Å². The van der Waals surface area contributed by atoms with Crippen molar-refractivity contribution in [1.29, 1.82) is 5.26 Å². The Morgan fingerprint density at radius 3 is 1.62 bits per heavy atom. The van der Waals surface area contributed by atoms with E-state index < -0.39 is 0 Å². The van der Waals surface area contributed by atoms with Gasteiger partial charge in [-0.1, -0.05) is 5.40 Å². The van der Waals surface area contributed by atoms with Crippen molar-refractivity contribution in [3.8, 4) is 5.40 Å². The zero-order valence-electron chi connectivity index (χ0n) is 5.38. The molecular weight excluding hydrogens is 133 g/mol. The van der Waals surface area contributed by atoms with Crippen molar-refractivity contribution < 1.29 is 34.7 Å². The second-order valence-corrected chi connectivity index (χ2v) is 1.37. The standard InChI is InChI=1S/C3H8O.CHNS.Na/c1-3(2)4;2-1-3;/h3-4H,1-2H3;3H;/q;;+1/p-1. The predicted molar refractivity (Wildman–Crippen MR) is 30.3 cm³/mol. The first-order chi connectivity index (χ1) is 3.15. The largest absolute Gasteiger partial charge is 1.00 e. The van der Waals surface area contributed by atoms with Gasteiger partial charge in [-0.25, -0.2) is 5.26 Å². The van der Waals surface area contributed by atoms with Gasteiger partial charge in [-0.05, 0) is 13.8 Å². The van der Waals surface area contributed by atoms with Crippen molar-refractivity contribution in [3.63, 3.8) is 0 Å². The van der Waals surface area contributed by atoms with E-state index in [1.165, 1.54) is 5.40 Å². The third-order valence-electron chi connectivity index (χ3n) is 0. The van der Waals surface area contributed by atoms with E-state index in [1.54, 1.807) is 13.8 Å². The van der Waals surface area contributed by atoms with Gasteiger partial charge in [0.1, 0.15) is 0 Å². The SMILES string of the molecule is CC(C)O.N#C[S-].[Na+]. The summed E-state index contributed by atoms with van der Waals surface area (Å²) in [6, 6.07) is 0. The number of aliphatic hydroxyl groups excluding tert-OH is 1. The van der Waals surface area contributed by atoms with E-state index in [1.807, 2.05) is 0 Å². The van der Waals surface area contributed by atoms with Crippen LogP contribution in [0.15, 0.2) is 0 Å². The van der Waals surface area contributed by atoms with Crippen LogP contribution in [0.25, 0.3) is 0 Å². The number of nitriles is 1. The minimum atomic E-state index is -0.167. The Morgan fingerprint density at radius 2 is 1.62 bits per heavy atom. The van der Waals surface area contributed by atoms with Crippen LogP contribution in [-0.4, -0.2) is 11.2 Å². The summed E-state index contributed by atoms with van der Waals surface area (Å²) in [6.07, 6.45) is -0.167. The summed E-state index contributed by atoms with van der Waals surface area (Å²) in [4.78, 5) is 0. The molecule has 8 heavy (non-hydrogen) atoms. The molecule has 0 amide bonds. The monoisotopic (exact) mass is 141 g/mol. The fourth-order valence-electron chi connectivity index (χ4n) is 0. The molecule has 0 radical (unpaired) electrons. The molecule has 42 valence electrons. The Labute approximate surface area is 77.6 Å². The van der Waals surface area contributed by atoms with E-state index in [4.69, 9.17) is 10.4 Å². The first kappa shape index (κ1) is 15.9. The van der Waals surface area contributed by atoms with Gasteiger partial charge < -0.3 is 17.7 Å². The summed E-state index contributed by atoms with van der Waals surface area (Å²) < 4.78 is 0. The molecule has 0 fully saturated rings. The first-order valence-corrected chi connectivity index (χ1v) is 2.25. The molecule has 0 bridgehead atoms. The molecule has 1 N–H and O–H groups in total. The normalized spacial score (nSPS) is 5.38. The minimum absolute atomic E-state index is 0. The molecule has 0 unspecified atom stereocenters. The number of aliphatic hydroxyl groups is 1. The number of hydrogen-bond donors (Lipinski definition) is 1. The quantitative estimate of drug-likeness (QED) is 0.229. The summed E-state index contributed by atoms with van der Waals surface area (Å²) >= 11 is 3.70. The molecule has 0 aliphatic rings. The van der Waals surface area contributed by atoms with Crippen LogP contribution in [0.1, 0.15) is 13.8 Å². The molecule has 4 heteroatoms. The first-order valence-electron chi connectivity index (χ1n) is 1.84. The zero-order valence-corrected chi connectivity index (χ0v) is 8.20. The van der Waals surface area contributed by atoms with E-state index in [0.717, 1.165) is 0 Å². The molecule has 0 aliphatic heterocycles. The second-order valence-electron chi connectivity index (χ2n) is 1.19. The molecule has 0 spiro atoms. The van der Waals surface area contributed by atoms with Gasteiger partial charge in [-0.2, -0.15) is 0 Å². The van der Waals surface area contributed by atoms with Crippen molar-refractivity contribution in [3.05, 3.63) is 0 Å². The third-order valence-corrected chi connectivity index (χ3v) is 0. The van der Waals surface area contributed by atoms with Gasteiger partial charge in [0.15, 0.2) is 0 Å². The topological polar surface area (TPSA) is 44.0 Å². The average Bonchev–Trinajstić information content (AvgIpc) is 1.33. The summed E-state index contributed by atoms with van der Waals surface area (Å²) in [6.45, 7) is 3.44. The molecule has 0 saturated carbocycles. The van der Waals surface area contributed by atoms with Crippen molar-refractivity contribution in [1.82, 2.24) is 0 Å².